The number of aromatic nitrogens is 1. The van der Waals surface area contributed by atoms with Crippen LogP contribution in [-0.4, -0.2) is 4.98 Å². The highest BCUT2D eigenvalue weighted by Gasteiger charge is 2.06. The van der Waals surface area contributed by atoms with Crippen molar-refractivity contribution in [2.45, 2.75) is 6.54 Å². The molecule has 0 aliphatic rings. The van der Waals surface area contributed by atoms with Crippen molar-refractivity contribution in [3.63, 3.8) is 0 Å². The molecule has 1 aromatic carbocycles. The normalized spacial score (nSPS) is 10.1. The van der Waals surface area contributed by atoms with Crippen molar-refractivity contribution in [3.05, 3.63) is 52.9 Å². The summed E-state index contributed by atoms with van der Waals surface area (Å²) in [6.45, 7) is -0.0541. The van der Waals surface area contributed by atoms with Crippen LogP contribution >= 0.6 is 0 Å². The lowest BCUT2D eigenvalue weighted by atomic mass is 10.3. The van der Waals surface area contributed by atoms with Gasteiger partial charge in [0.2, 0.25) is 0 Å². The SMILES string of the molecule is Nc1ccc(Oc2ccnc(CN=O)c2)c(F)c1. The maximum atomic E-state index is 13.5. The van der Waals surface area contributed by atoms with E-state index in [4.69, 9.17) is 10.5 Å². The van der Waals surface area contributed by atoms with Crippen LogP contribution < -0.4 is 10.5 Å². The Kier molecular flexibility index (Phi) is 3.47. The summed E-state index contributed by atoms with van der Waals surface area (Å²) in [7, 11) is 0. The van der Waals surface area contributed by atoms with Crippen molar-refractivity contribution in [1.82, 2.24) is 4.98 Å². The van der Waals surface area contributed by atoms with E-state index in [0.717, 1.165) is 0 Å². The molecule has 0 aliphatic heterocycles. The summed E-state index contributed by atoms with van der Waals surface area (Å²) in [4.78, 5) is 14.1. The number of anilines is 1. The van der Waals surface area contributed by atoms with Crippen molar-refractivity contribution < 1.29 is 9.13 Å². The molecule has 0 amide bonds. The van der Waals surface area contributed by atoms with E-state index in [1.54, 1.807) is 6.07 Å². The highest BCUT2D eigenvalue weighted by molar-refractivity contribution is 5.44. The average molecular weight is 247 g/mol. The first-order valence-corrected chi connectivity index (χ1v) is 5.16. The van der Waals surface area contributed by atoms with Gasteiger partial charge in [0, 0.05) is 24.0 Å². The molecule has 0 saturated heterocycles. The predicted molar refractivity (Wildman–Crippen MR) is 64.6 cm³/mol. The van der Waals surface area contributed by atoms with E-state index in [1.165, 1.54) is 30.5 Å². The molecule has 1 heterocycles. The maximum Gasteiger partial charge on any atom is 0.167 e. The van der Waals surface area contributed by atoms with Crippen LogP contribution in [0.1, 0.15) is 5.69 Å². The molecule has 0 atom stereocenters. The number of rotatable bonds is 4. The highest BCUT2D eigenvalue weighted by atomic mass is 19.1. The van der Waals surface area contributed by atoms with E-state index < -0.39 is 5.82 Å². The number of benzene rings is 1. The van der Waals surface area contributed by atoms with Crippen molar-refractivity contribution >= 4 is 5.69 Å². The van der Waals surface area contributed by atoms with Gasteiger partial charge in [0.05, 0.1) is 5.69 Å². The van der Waals surface area contributed by atoms with E-state index >= 15 is 0 Å². The van der Waals surface area contributed by atoms with Gasteiger partial charge in [-0.2, -0.15) is 4.91 Å². The lowest BCUT2D eigenvalue weighted by Crippen LogP contribution is -1.93. The Morgan fingerprint density at radius 3 is 2.89 bits per heavy atom. The molecule has 5 nitrogen and oxygen atoms in total. The number of hydrogen-bond acceptors (Lipinski definition) is 5. The van der Waals surface area contributed by atoms with Crippen molar-refractivity contribution in [1.29, 1.82) is 0 Å². The molecule has 6 heteroatoms. The van der Waals surface area contributed by atoms with Gasteiger partial charge in [-0.05, 0) is 18.2 Å². The van der Waals surface area contributed by atoms with E-state index in [2.05, 4.69) is 10.2 Å². The molecule has 0 fully saturated rings. The van der Waals surface area contributed by atoms with Gasteiger partial charge in [0.25, 0.3) is 0 Å². The van der Waals surface area contributed by atoms with Crippen LogP contribution in [0.25, 0.3) is 0 Å². The summed E-state index contributed by atoms with van der Waals surface area (Å²) < 4.78 is 18.8. The Bertz CT molecular complexity index is 575. The molecule has 2 rings (SSSR count). The minimum absolute atomic E-state index is 0.0541. The van der Waals surface area contributed by atoms with Crippen molar-refractivity contribution in [2.24, 2.45) is 5.18 Å². The third-order valence-electron chi connectivity index (χ3n) is 2.20. The van der Waals surface area contributed by atoms with Crippen LogP contribution in [0.2, 0.25) is 0 Å². The first-order chi connectivity index (χ1) is 8.69. The van der Waals surface area contributed by atoms with Crippen LogP contribution in [0, 0.1) is 10.7 Å². The molecule has 0 bridgehead atoms. The fourth-order valence-corrected chi connectivity index (χ4v) is 1.40. The number of hydrogen-bond donors (Lipinski definition) is 1. The predicted octanol–water partition coefficient (Wildman–Crippen LogP) is 2.86. The first-order valence-electron chi connectivity index (χ1n) is 5.16. The number of nitrogens with zero attached hydrogens (tertiary/aromatic N) is 2. The van der Waals surface area contributed by atoms with Crippen LogP contribution in [-0.2, 0) is 6.54 Å². The molecule has 0 saturated carbocycles. The lowest BCUT2D eigenvalue weighted by molar-refractivity contribution is 0.441. The number of pyridine rings is 1. The Morgan fingerprint density at radius 2 is 2.17 bits per heavy atom. The molecule has 0 radical (unpaired) electrons. The molecule has 92 valence electrons. The van der Waals surface area contributed by atoms with Gasteiger partial charge in [-0.1, -0.05) is 5.18 Å². The van der Waals surface area contributed by atoms with Crippen molar-refractivity contribution in [3.8, 4) is 11.5 Å². The van der Waals surface area contributed by atoms with E-state index in [0.29, 0.717) is 17.1 Å². The van der Waals surface area contributed by atoms with Gasteiger partial charge in [0.15, 0.2) is 11.6 Å². The van der Waals surface area contributed by atoms with Crippen LogP contribution in [0.3, 0.4) is 0 Å². The molecular weight excluding hydrogens is 237 g/mol. The first kappa shape index (κ1) is 12.0. The Labute approximate surface area is 102 Å². The second kappa shape index (κ2) is 5.22. The van der Waals surface area contributed by atoms with Gasteiger partial charge < -0.3 is 10.5 Å². The standard InChI is InChI=1S/C12H10FN3O2/c13-11-5-8(14)1-2-12(11)18-10-3-4-15-9(6-10)7-16-17/h1-6H,7,14H2. The van der Waals surface area contributed by atoms with Crippen LogP contribution in [0.15, 0.2) is 41.7 Å². The fraction of sp³-hybridized carbons (Fsp3) is 0.0833. The molecule has 18 heavy (non-hydrogen) atoms. The zero-order chi connectivity index (χ0) is 13.0. The van der Waals surface area contributed by atoms with E-state index in [-0.39, 0.29) is 12.3 Å². The number of halogens is 1. The molecule has 2 aromatic rings. The van der Waals surface area contributed by atoms with Gasteiger partial charge in [-0.15, -0.1) is 0 Å². The van der Waals surface area contributed by atoms with Crippen LogP contribution in [0.4, 0.5) is 10.1 Å². The monoisotopic (exact) mass is 247 g/mol. The second-order valence-corrected chi connectivity index (χ2v) is 3.56. The molecular formula is C12H10FN3O2. The van der Waals surface area contributed by atoms with Gasteiger partial charge in [-0.25, -0.2) is 4.39 Å². The summed E-state index contributed by atoms with van der Waals surface area (Å²) in [5.74, 6) is -0.116. The van der Waals surface area contributed by atoms with E-state index in [9.17, 15) is 9.30 Å². The zero-order valence-electron chi connectivity index (χ0n) is 9.34. The van der Waals surface area contributed by atoms with E-state index in [1.807, 2.05) is 0 Å². The quantitative estimate of drug-likeness (QED) is 0.665. The zero-order valence-corrected chi connectivity index (χ0v) is 9.34. The topological polar surface area (TPSA) is 77.6 Å². The molecule has 0 aliphatic carbocycles. The molecule has 2 N–H and O–H groups in total. The van der Waals surface area contributed by atoms with Gasteiger partial charge >= 0.3 is 0 Å². The number of nitroso groups, excluding NO2 is 1. The summed E-state index contributed by atoms with van der Waals surface area (Å²) >= 11 is 0. The number of nitrogen functional groups attached to an aromatic ring is 1. The highest BCUT2D eigenvalue weighted by Crippen LogP contribution is 2.25. The number of nitrogens with two attached hydrogens (primary N) is 1. The second-order valence-electron chi connectivity index (χ2n) is 3.56. The minimum Gasteiger partial charge on any atom is -0.454 e. The Morgan fingerprint density at radius 1 is 1.33 bits per heavy atom. The third-order valence-corrected chi connectivity index (χ3v) is 2.20. The minimum atomic E-state index is -0.554. The molecule has 1 aromatic heterocycles. The molecule has 0 unspecified atom stereocenters. The van der Waals surface area contributed by atoms with Gasteiger partial charge in [0.1, 0.15) is 12.3 Å². The molecule has 0 spiro atoms. The summed E-state index contributed by atoms with van der Waals surface area (Å²) in [5, 5.41) is 2.72. The summed E-state index contributed by atoms with van der Waals surface area (Å²) in [6.07, 6.45) is 1.46. The summed E-state index contributed by atoms with van der Waals surface area (Å²) in [6, 6.07) is 7.22. The Hall–Kier alpha value is -2.50. The number of ether oxygens (including phenoxy) is 1. The van der Waals surface area contributed by atoms with Crippen molar-refractivity contribution in [2.75, 3.05) is 5.73 Å². The van der Waals surface area contributed by atoms with Gasteiger partial charge in [-0.3, -0.25) is 4.98 Å². The Balaban J connectivity index is 2.22. The largest absolute Gasteiger partial charge is 0.454 e. The smallest absolute Gasteiger partial charge is 0.167 e. The van der Waals surface area contributed by atoms with Crippen LogP contribution in [0.5, 0.6) is 11.5 Å². The lowest BCUT2D eigenvalue weighted by Gasteiger charge is -2.07. The fourth-order valence-electron chi connectivity index (χ4n) is 1.40. The third kappa shape index (κ3) is 2.79. The maximum absolute atomic E-state index is 13.5. The summed E-state index contributed by atoms with van der Waals surface area (Å²) in [5.41, 5.74) is 6.21. The average Bonchev–Trinajstić information content (AvgIpc) is 2.34.